The molecule has 0 aromatic carbocycles. The molecule has 0 N–H and O–H groups in total. The molecule has 0 saturated heterocycles. The van der Waals surface area contributed by atoms with Crippen LogP contribution in [0.1, 0.15) is 64.2 Å². The average molecular weight is 218 g/mol. The third kappa shape index (κ3) is 2.84. The van der Waals surface area contributed by atoms with Gasteiger partial charge in [-0.15, -0.1) is 0 Å². The van der Waals surface area contributed by atoms with Gasteiger partial charge in [0.15, 0.2) is 0 Å². The van der Waals surface area contributed by atoms with Crippen molar-refractivity contribution in [3.8, 4) is 0 Å². The molecule has 0 heterocycles. The van der Waals surface area contributed by atoms with Crippen LogP contribution in [0.5, 0.6) is 0 Å². The van der Waals surface area contributed by atoms with Crippen LogP contribution in [-0.2, 0) is 4.79 Å². The van der Waals surface area contributed by atoms with E-state index in [4.69, 9.17) is 0 Å². The number of hydrogen-bond donors (Lipinski definition) is 0. The van der Waals surface area contributed by atoms with Crippen LogP contribution in [0.3, 0.4) is 0 Å². The van der Waals surface area contributed by atoms with Crippen LogP contribution in [0.15, 0.2) is 22.8 Å². The molecule has 0 unspecified atom stereocenters. The number of carbonyl (C=O) groups is 1. The van der Waals surface area contributed by atoms with E-state index in [1.165, 1.54) is 62.5 Å². The van der Waals surface area contributed by atoms with Gasteiger partial charge < -0.3 is 0 Å². The van der Waals surface area contributed by atoms with E-state index >= 15 is 0 Å². The summed E-state index contributed by atoms with van der Waals surface area (Å²) in [6.07, 6.45) is 15.8. The van der Waals surface area contributed by atoms with E-state index in [0.717, 1.165) is 24.7 Å². The molecule has 0 aliphatic heterocycles. The average Bonchev–Trinajstić information content (AvgIpc) is 2.70. The maximum Gasteiger partial charge on any atom is 0.146 e. The van der Waals surface area contributed by atoms with Gasteiger partial charge in [0.2, 0.25) is 0 Å². The van der Waals surface area contributed by atoms with E-state index < -0.39 is 0 Å². The van der Waals surface area contributed by atoms with Crippen LogP contribution in [0.25, 0.3) is 0 Å². The zero-order valence-electron chi connectivity index (χ0n) is 10.1. The third-order valence-electron chi connectivity index (χ3n) is 3.83. The summed E-state index contributed by atoms with van der Waals surface area (Å²) in [6.45, 7) is 0. The first-order valence-electron chi connectivity index (χ1n) is 6.78. The maximum absolute atomic E-state index is 11.2. The lowest BCUT2D eigenvalue weighted by Gasteiger charge is -2.12. The molecular weight excluding hydrogens is 196 g/mol. The molecule has 0 fully saturated rings. The van der Waals surface area contributed by atoms with Gasteiger partial charge in [0, 0.05) is 0 Å². The Morgan fingerprint density at radius 2 is 1.62 bits per heavy atom. The second-order valence-electron chi connectivity index (χ2n) is 5.01. The van der Waals surface area contributed by atoms with Crippen molar-refractivity contribution in [3.05, 3.63) is 22.8 Å². The highest BCUT2D eigenvalue weighted by atomic mass is 16.1. The summed E-state index contributed by atoms with van der Waals surface area (Å²) in [7, 11) is 0. The highest BCUT2D eigenvalue weighted by molar-refractivity contribution is 5.76. The van der Waals surface area contributed by atoms with Crippen LogP contribution < -0.4 is 0 Å². The lowest BCUT2D eigenvalue weighted by atomic mass is 9.93. The molecule has 88 valence electrons. The summed E-state index contributed by atoms with van der Waals surface area (Å²) in [5.74, 6) is 0. The monoisotopic (exact) mass is 218 g/mol. The Labute approximate surface area is 98.6 Å². The zero-order valence-corrected chi connectivity index (χ0v) is 10.1. The Balaban J connectivity index is 2.22. The largest absolute Gasteiger partial charge is 0.298 e. The van der Waals surface area contributed by atoms with Gasteiger partial charge in [-0.05, 0) is 68.1 Å². The van der Waals surface area contributed by atoms with Crippen LogP contribution in [0, 0.1) is 0 Å². The molecule has 16 heavy (non-hydrogen) atoms. The SMILES string of the molecule is O=CC1=C(C2=CCCCCC2)CCCCC1. The minimum Gasteiger partial charge on any atom is -0.298 e. The minimum atomic E-state index is 1.01. The molecule has 0 aromatic rings. The van der Waals surface area contributed by atoms with Crippen molar-refractivity contribution in [1.29, 1.82) is 0 Å². The highest BCUT2D eigenvalue weighted by Crippen LogP contribution is 2.32. The predicted molar refractivity (Wildman–Crippen MR) is 67.3 cm³/mol. The Kier molecular flexibility index (Phi) is 4.38. The quantitative estimate of drug-likeness (QED) is 0.630. The van der Waals surface area contributed by atoms with E-state index in [1.807, 2.05) is 0 Å². The van der Waals surface area contributed by atoms with Gasteiger partial charge in [0.25, 0.3) is 0 Å². The molecule has 0 saturated carbocycles. The van der Waals surface area contributed by atoms with Crippen molar-refractivity contribution in [1.82, 2.24) is 0 Å². The minimum absolute atomic E-state index is 1.01. The fraction of sp³-hybridized carbons (Fsp3) is 0.667. The Bertz CT molecular complexity index is 309. The molecular formula is C15H22O. The number of carbonyl (C=O) groups excluding carboxylic acids is 1. The standard InChI is InChI=1S/C15H22O/c16-12-14-10-6-3-7-11-15(14)13-8-4-1-2-5-9-13/h8,12H,1-7,9-11H2. The van der Waals surface area contributed by atoms with E-state index in [0.29, 0.717) is 0 Å². The van der Waals surface area contributed by atoms with Crippen LogP contribution >= 0.6 is 0 Å². The summed E-state index contributed by atoms with van der Waals surface area (Å²) in [5.41, 5.74) is 4.02. The Morgan fingerprint density at radius 1 is 0.875 bits per heavy atom. The third-order valence-corrected chi connectivity index (χ3v) is 3.83. The topological polar surface area (TPSA) is 17.1 Å². The number of allylic oxidation sites excluding steroid dienone is 4. The summed E-state index contributed by atoms with van der Waals surface area (Å²) < 4.78 is 0. The molecule has 2 rings (SSSR count). The lowest BCUT2D eigenvalue weighted by molar-refractivity contribution is -0.105. The first-order chi connectivity index (χ1) is 7.92. The van der Waals surface area contributed by atoms with Crippen molar-refractivity contribution >= 4 is 6.29 Å². The first kappa shape index (κ1) is 11.6. The predicted octanol–water partition coefficient (Wildman–Crippen LogP) is 4.34. The van der Waals surface area contributed by atoms with E-state index in [9.17, 15) is 4.79 Å². The van der Waals surface area contributed by atoms with E-state index in [2.05, 4.69) is 6.08 Å². The molecule has 0 atom stereocenters. The molecule has 0 aromatic heterocycles. The fourth-order valence-corrected chi connectivity index (χ4v) is 2.89. The lowest BCUT2D eigenvalue weighted by Crippen LogP contribution is -1.96. The van der Waals surface area contributed by atoms with E-state index in [1.54, 1.807) is 0 Å². The Morgan fingerprint density at radius 3 is 2.50 bits per heavy atom. The highest BCUT2D eigenvalue weighted by Gasteiger charge is 2.15. The molecule has 0 radical (unpaired) electrons. The summed E-state index contributed by atoms with van der Waals surface area (Å²) >= 11 is 0. The van der Waals surface area contributed by atoms with Crippen molar-refractivity contribution in [2.75, 3.05) is 0 Å². The molecule has 2 aliphatic carbocycles. The van der Waals surface area contributed by atoms with Gasteiger partial charge in [0.1, 0.15) is 6.29 Å². The number of rotatable bonds is 2. The summed E-state index contributed by atoms with van der Waals surface area (Å²) in [6, 6.07) is 0. The van der Waals surface area contributed by atoms with Gasteiger partial charge in [-0.25, -0.2) is 0 Å². The number of aldehydes is 1. The van der Waals surface area contributed by atoms with Crippen molar-refractivity contribution in [2.24, 2.45) is 0 Å². The van der Waals surface area contributed by atoms with Crippen molar-refractivity contribution in [3.63, 3.8) is 0 Å². The number of hydrogen-bond acceptors (Lipinski definition) is 1. The van der Waals surface area contributed by atoms with Gasteiger partial charge in [-0.1, -0.05) is 18.9 Å². The zero-order chi connectivity index (χ0) is 11.2. The van der Waals surface area contributed by atoms with Gasteiger partial charge >= 0.3 is 0 Å². The van der Waals surface area contributed by atoms with Gasteiger partial charge in [0.05, 0.1) is 0 Å². The van der Waals surface area contributed by atoms with Crippen molar-refractivity contribution < 1.29 is 4.79 Å². The van der Waals surface area contributed by atoms with Crippen LogP contribution in [-0.4, -0.2) is 6.29 Å². The second kappa shape index (κ2) is 6.03. The summed E-state index contributed by atoms with van der Waals surface area (Å²) in [4.78, 5) is 11.2. The van der Waals surface area contributed by atoms with Crippen LogP contribution in [0.4, 0.5) is 0 Å². The molecule has 1 nitrogen and oxygen atoms in total. The Hall–Kier alpha value is -0.850. The maximum atomic E-state index is 11.2. The molecule has 0 spiro atoms. The second-order valence-corrected chi connectivity index (χ2v) is 5.01. The van der Waals surface area contributed by atoms with Crippen LogP contribution in [0.2, 0.25) is 0 Å². The van der Waals surface area contributed by atoms with Crippen molar-refractivity contribution in [2.45, 2.75) is 64.2 Å². The smallest absolute Gasteiger partial charge is 0.146 e. The summed E-state index contributed by atoms with van der Waals surface area (Å²) in [5, 5.41) is 0. The molecule has 0 amide bonds. The molecule has 0 bridgehead atoms. The van der Waals surface area contributed by atoms with Gasteiger partial charge in [-0.3, -0.25) is 4.79 Å². The normalized spacial score (nSPS) is 23.4. The van der Waals surface area contributed by atoms with Gasteiger partial charge in [-0.2, -0.15) is 0 Å². The molecule has 2 aliphatic rings. The fourth-order valence-electron chi connectivity index (χ4n) is 2.89. The molecule has 1 heteroatoms. The first-order valence-corrected chi connectivity index (χ1v) is 6.78. The van der Waals surface area contributed by atoms with E-state index in [-0.39, 0.29) is 0 Å².